The van der Waals surface area contributed by atoms with E-state index in [2.05, 4.69) is 20.3 Å². The van der Waals surface area contributed by atoms with Crippen molar-refractivity contribution in [1.29, 1.82) is 0 Å². The number of fused-ring (bicyclic) bond motifs is 1. The van der Waals surface area contributed by atoms with Gasteiger partial charge < -0.3 is 10.2 Å². The fourth-order valence-corrected chi connectivity index (χ4v) is 3.14. The summed E-state index contributed by atoms with van der Waals surface area (Å²) in [5.41, 5.74) is 2.65. The molecule has 0 atom stereocenters. The van der Waals surface area contributed by atoms with Gasteiger partial charge in [-0.3, -0.25) is 4.79 Å². The molecule has 2 aromatic heterocycles. The standard InChI is InChI=1S/C20H19N5O/c1-14-22-17-10-12-25(20(26)15-7-3-2-4-8-15)13-16(17)19(23-14)24-18-9-5-6-11-21-18/h2-9,11H,10,12-13H2,1H3,(H,21,22,23,24). The number of aromatic nitrogens is 3. The van der Waals surface area contributed by atoms with Crippen LogP contribution < -0.4 is 5.32 Å². The van der Waals surface area contributed by atoms with Crippen LogP contribution in [0, 0.1) is 6.92 Å². The van der Waals surface area contributed by atoms with Crippen molar-refractivity contribution in [3.63, 3.8) is 0 Å². The van der Waals surface area contributed by atoms with Gasteiger partial charge in [-0.1, -0.05) is 24.3 Å². The molecule has 1 N–H and O–H groups in total. The first-order valence-corrected chi connectivity index (χ1v) is 8.59. The monoisotopic (exact) mass is 345 g/mol. The third kappa shape index (κ3) is 3.26. The number of amides is 1. The summed E-state index contributed by atoms with van der Waals surface area (Å²) in [5, 5.41) is 3.27. The molecule has 3 aromatic rings. The highest BCUT2D eigenvalue weighted by molar-refractivity contribution is 5.94. The molecule has 0 spiro atoms. The first-order chi connectivity index (χ1) is 12.7. The van der Waals surface area contributed by atoms with Crippen LogP contribution in [-0.2, 0) is 13.0 Å². The van der Waals surface area contributed by atoms with Crippen LogP contribution in [0.1, 0.15) is 27.4 Å². The second-order valence-corrected chi connectivity index (χ2v) is 6.23. The van der Waals surface area contributed by atoms with E-state index in [4.69, 9.17) is 0 Å². The van der Waals surface area contributed by atoms with Crippen molar-refractivity contribution in [3.8, 4) is 0 Å². The minimum atomic E-state index is 0.0283. The van der Waals surface area contributed by atoms with Crippen LogP contribution in [0.4, 0.5) is 11.6 Å². The minimum absolute atomic E-state index is 0.0283. The van der Waals surface area contributed by atoms with Crippen LogP contribution in [0.2, 0.25) is 0 Å². The lowest BCUT2D eigenvalue weighted by atomic mass is 10.0. The van der Waals surface area contributed by atoms with Crippen molar-refractivity contribution in [3.05, 3.63) is 77.4 Å². The Balaban J connectivity index is 1.64. The molecule has 0 fully saturated rings. The Labute approximate surface area is 151 Å². The summed E-state index contributed by atoms with van der Waals surface area (Å²) >= 11 is 0. The molecule has 0 radical (unpaired) electrons. The third-order valence-corrected chi connectivity index (χ3v) is 4.39. The zero-order valence-electron chi connectivity index (χ0n) is 14.5. The van der Waals surface area contributed by atoms with E-state index in [0.717, 1.165) is 22.9 Å². The van der Waals surface area contributed by atoms with Crippen LogP contribution >= 0.6 is 0 Å². The van der Waals surface area contributed by atoms with Crippen LogP contribution in [0.5, 0.6) is 0 Å². The Morgan fingerprint density at radius 3 is 2.65 bits per heavy atom. The number of nitrogens with one attached hydrogen (secondary N) is 1. The lowest BCUT2D eigenvalue weighted by Crippen LogP contribution is -2.37. The van der Waals surface area contributed by atoms with Crippen molar-refractivity contribution < 1.29 is 4.79 Å². The fraction of sp³-hybridized carbons (Fsp3) is 0.200. The van der Waals surface area contributed by atoms with E-state index in [-0.39, 0.29) is 5.91 Å². The number of nitrogens with zero attached hydrogens (tertiary/aromatic N) is 4. The normalized spacial score (nSPS) is 13.2. The van der Waals surface area contributed by atoms with Crippen molar-refractivity contribution in [2.45, 2.75) is 19.9 Å². The minimum Gasteiger partial charge on any atom is -0.334 e. The lowest BCUT2D eigenvalue weighted by molar-refractivity contribution is 0.0734. The number of hydrogen-bond acceptors (Lipinski definition) is 5. The highest BCUT2D eigenvalue weighted by Gasteiger charge is 2.26. The molecule has 6 heteroatoms. The number of carbonyl (C=O) groups excluding carboxylic acids is 1. The van der Waals surface area contributed by atoms with Gasteiger partial charge in [-0.25, -0.2) is 15.0 Å². The molecule has 6 nitrogen and oxygen atoms in total. The Bertz CT molecular complexity index is 928. The molecule has 130 valence electrons. The van der Waals surface area contributed by atoms with Gasteiger partial charge in [0, 0.05) is 30.3 Å². The van der Waals surface area contributed by atoms with Crippen molar-refractivity contribution in [2.24, 2.45) is 0 Å². The van der Waals surface area contributed by atoms with E-state index in [9.17, 15) is 4.79 Å². The Hall–Kier alpha value is -3.28. The number of pyridine rings is 1. The second kappa shape index (κ2) is 6.92. The zero-order chi connectivity index (χ0) is 17.9. The summed E-state index contributed by atoms with van der Waals surface area (Å²) in [6.45, 7) is 3.02. The first-order valence-electron chi connectivity index (χ1n) is 8.59. The van der Waals surface area contributed by atoms with Crippen LogP contribution in [0.15, 0.2) is 54.7 Å². The van der Waals surface area contributed by atoms with E-state index in [1.165, 1.54) is 0 Å². The van der Waals surface area contributed by atoms with E-state index in [0.29, 0.717) is 30.9 Å². The van der Waals surface area contributed by atoms with Gasteiger partial charge in [0.1, 0.15) is 17.5 Å². The molecule has 0 saturated carbocycles. The summed E-state index contributed by atoms with van der Waals surface area (Å²) in [6.07, 6.45) is 2.45. The third-order valence-electron chi connectivity index (χ3n) is 4.39. The topological polar surface area (TPSA) is 71.0 Å². The van der Waals surface area contributed by atoms with Gasteiger partial charge in [0.25, 0.3) is 5.91 Å². The van der Waals surface area contributed by atoms with Gasteiger partial charge in [0.15, 0.2) is 0 Å². The van der Waals surface area contributed by atoms with Gasteiger partial charge in [0.2, 0.25) is 0 Å². The number of rotatable bonds is 3. The summed E-state index contributed by atoms with van der Waals surface area (Å²) in [6, 6.07) is 15.0. The molecule has 1 aliphatic heterocycles. The van der Waals surface area contributed by atoms with Crippen LogP contribution in [0.3, 0.4) is 0 Å². The fourth-order valence-electron chi connectivity index (χ4n) is 3.14. The quantitative estimate of drug-likeness (QED) is 0.790. The van der Waals surface area contributed by atoms with E-state index in [1.54, 1.807) is 6.20 Å². The van der Waals surface area contributed by atoms with E-state index < -0.39 is 0 Å². The maximum Gasteiger partial charge on any atom is 0.254 e. The Morgan fingerprint density at radius 1 is 1.08 bits per heavy atom. The van der Waals surface area contributed by atoms with E-state index >= 15 is 0 Å². The predicted molar refractivity (Wildman–Crippen MR) is 99.2 cm³/mol. The number of benzene rings is 1. The molecule has 1 aromatic carbocycles. The second-order valence-electron chi connectivity index (χ2n) is 6.23. The molecule has 0 bridgehead atoms. The number of hydrogen-bond donors (Lipinski definition) is 1. The average Bonchev–Trinajstić information content (AvgIpc) is 2.68. The maximum atomic E-state index is 12.8. The molecule has 1 aliphatic rings. The number of carbonyl (C=O) groups is 1. The van der Waals surface area contributed by atoms with E-state index in [1.807, 2.05) is 60.4 Å². The van der Waals surface area contributed by atoms with Crippen molar-refractivity contribution in [1.82, 2.24) is 19.9 Å². The van der Waals surface area contributed by atoms with Gasteiger partial charge in [0.05, 0.1) is 12.2 Å². The molecule has 0 aliphatic carbocycles. The number of aryl methyl sites for hydroxylation is 1. The predicted octanol–water partition coefficient (Wildman–Crippen LogP) is 3.12. The molecule has 0 unspecified atom stereocenters. The van der Waals surface area contributed by atoms with Crippen LogP contribution in [-0.4, -0.2) is 32.3 Å². The molecular formula is C20H19N5O. The van der Waals surface area contributed by atoms with Crippen molar-refractivity contribution >= 4 is 17.5 Å². The summed E-state index contributed by atoms with van der Waals surface area (Å²) in [5.74, 6) is 2.18. The SMILES string of the molecule is Cc1nc2c(c(Nc3ccccn3)n1)CN(C(=O)c1ccccc1)CC2. The van der Waals surface area contributed by atoms with Gasteiger partial charge in [-0.15, -0.1) is 0 Å². The highest BCUT2D eigenvalue weighted by atomic mass is 16.2. The Kier molecular flexibility index (Phi) is 4.31. The molecule has 1 amide bonds. The summed E-state index contributed by atoms with van der Waals surface area (Å²) in [7, 11) is 0. The summed E-state index contributed by atoms with van der Waals surface area (Å²) < 4.78 is 0. The summed E-state index contributed by atoms with van der Waals surface area (Å²) in [4.78, 5) is 28.1. The van der Waals surface area contributed by atoms with Crippen molar-refractivity contribution in [2.75, 3.05) is 11.9 Å². The molecule has 26 heavy (non-hydrogen) atoms. The lowest BCUT2D eigenvalue weighted by Gasteiger charge is -2.29. The molecule has 0 saturated heterocycles. The van der Waals surface area contributed by atoms with Gasteiger partial charge in [-0.05, 0) is 31.2 Å². The maximum absolute atomic E-state index is 12.8. The molecule has 4 rings (SSSR count). The van der Waals surface area contributed by atoms with Gasteiger partial charge in [-0.2, -0.15) is 0 Å². The highest BCUT2D eigenvalue weighted by Crippen LogP contribution is 2.26. The molecular weight excluding hydrogens is 326 g/mol. The van der Waals surface area contributed by atoms with Crippen LogP contribution in [0.25, 0.3) is 0 Å². The van der Waals surface area contributed by atoms with Gasteiger partial charge >= 0.3 is 0 Å². The first kappa shape index (κ1) is 16.2. The zero-order valence-corrected chi connectivity index (χ0v) is 14.5. The smallest absolute Gasteiger partial charge is 0.254 e. The number of anilines is 2. The largest absolute Gasteiger partial charge is 0.334 e. The average molecular weight is 345 g/mol. The molecule has 3 heterocycles. The Morgan fingerprint density at radius 2 is 1.88 bits per heavy atom.